The van der Waals surface area contributed by atoms with Crippen LogP contribution in [0, 0.1) is 22.7 Å². The molecule has 11 atom stereocenters. The fourth-order valence-electron chi connectivity index (χ4n) is 10.2. The van der Waals surface area contributed by atoms with Crippen LogP contribution in [0.3, 0.4) is 0 Å². The molecule has 2 saturated carbocycles. The molecule has 1 heterocycles. The van der Waals surface area contributed by atoms with Crippen LogP contribution in [0.2, 0.25) is 0 Å². The number of carbonyl (C=O) groups excluding carboxylic acids is 7. The second kappa shape index (κ2) is 19.6. The van der Waals surface area contributed by atoms with Gasteiger partial charge in [-0.3, -0.25) is 14.4 Å². The van der Waals surface area contributed by atoms with Crippen molar-refractivity contribution in [1.82, 2.24) is 5.32 Å². The van der Waals surface area contributed by atoms with Crippen LogP contribution in [0.1, 0.15) is 97.1 Å². The van der Waals surface area contributed by atoms with Crippen LogP contribution in [0.5, 0.6) is 0 Å². The first-order valence-corrected chi connectivity index (χ1v) is 23.1. The highest BCUT2D eigenvalue weighted by Crippen LogP contribution is 2.65. The number of ether oxygens (including phenoxy) is 8. The third kappa shape index (κ3) is 10.6. The molecule has 2 aromatic rings. The van der Waals surface area contributed by atoms with Gasteiger partial charge in [-0.05, 0) is 57.9 Å². The molecule has 0 aromatic heterocycles. The standard InChI is InChI=1S/C48H55Cl3FNO16/c1-24-29(65-40(58)35(66-42(60)63-23-48(49,50)51)33(27-16-12-10-13-17-27)53-41(59)69-43(4,5)6)21-47(61)38(67-39(57)28-18-14-11-15-19-28)36-45(9,30(52)20-31-46(36,22-62-31)68-26(3)55)37(56)34(64-25(2)54)32(24)44(47,7)8/h10-19,30-36,38,61H,20-23H2,1-9H3,(H,53,59)/t30-,31-,32?,33+,34-,35-,36+,38+,45-,46+,47-/m1/s1. The zero-order valence-corrected chi connectivity index (χ0v) is 41.6. The molecule has 376 valence electrons. The summed E-state index contributed by atoms with van der Waals surface area (Å²) in [6.45, 7) is 11.3. The number of hydrogen-bond donors (Lipinski definition) is 2. The molecule has 2 aromatic carbocycles. The number of carbonyl (C=O) groups is 7. The number of fused-ring (bicyclic) bond motifs is 5. The Morgan fingerprint density at radius 2 is 1.54 bits per heavy atom. The molecule has 17 nitrogen and oxygen atoms in total. The Bertz CT molecular complexity index is 2370. The topological polar surface area (TPSA) is 226 Å². The van der Waals surface area contributed by atoms with Gasteiger partial charge in [0.15, 0.2) is 17.5 Å². The zero-order chi connectivity index (χ0) is 51.2. The van der Waals surface area contributed by atoms with Gasteiger partial charge in [-0.1, -0.05) is 97.2 Å². The van der Waals surface area contributed by atoms with Crippen LogP contribution < -0.4 is 5.32 Å². The number of alkyl carbamates (subject to hydrolysis) is 1. The normalized spacial score (nSPS) is 30.2. The van der Waals surface area contributed by atoms with Crippen LogP contribution in [-0.4, -0.2) is 111 Å². The number of nitrogens with one attached hydrogen (secondary N) is 1. The maximum Gasteiger partial charge on any atom is 0.509 e. The predicted octanol–water partition coefficient (Wildman–Crippen LogP) is 7.54. The minimum Gasteiger partial charge on any atom is -0.455 e. The third-order valence-corrected chi connectivity index (χ3v) is 13.8. The molecular formula is C48H55Cl3FNO16. The SMILES string of the molecule is CC(=O)O[C@H]1C(=O)[C@]2(C)[C@H](F)C[C@H]3OC[C@@]3(OC(C)=O)[C@H]2[C@H](OC(=O)c2ccccc2)[C@]2(O)CC(OC(=O)[C@H](OC(=O)OCC(Cl)(Cl)Cl)[C@@H](NC(=O)OC(C)(C)C)c3ccccc3)=C(C)C1C2(C)C. The molecule has 1 saturated heterocycles. The molecule has 3 fully saturated rings. The summed E-state index contributed by atoms with van der Waals surface area (Å²) in [5.74, 6) is -8.99. The Kier molecular flexibility index (Phi) is 15.2. The smallest absolute Gasteiger partial charge is 0.455 e. The Morgan fingerprint density at radius 1 is 0.928 bits per heavy atom. The number of benzene rings is 2. The number of esters is 4. The number of aliphatic hydroxyl groups is 1. The second-order valence-electron chi connectivity index (χ2n) is 19.5. The van der Waals surface area contributed by atoms with Gasteiger partial charge in [0.25, 0.3) is 0 Å². The largest absolute Gasteiger partial charge is 0.509 e. The summed E-state index contributed by atoms with van der Waals surface area (Å²) in [6.07, 6.45) is -13.3. The second-order valence-corrected chi connectivity index (χ2v) is 22.0. The van der Waals surface area contributed by atoms with Gasteiger partial charge < -0.3 is 48.3 Å². The van der Waals surface area contributed by atoms with E-state index in [-0.39, 0.29) is 16.7 Å². The average Bonchev–Trinajstić information content (AvgIpc) is 3.24. The van der Waals surface area contributed by atoms with E-state index >= 15 is 9.18 Å². The Labute approximate surface area is 412 Å². The van der Waals surface area contributed by atoms with E-state index in [9.17, 15) is 33.9 Å². The number of rotatable bonds is 11. The van der Waals surface area contributed by atoms with Crippen molar-refractivity contribution >= 4 is 76.7 Å². The number of Topliss-reactive ketones (excluding diaryl/α,β-unsaturated/α-hetero) is 1. The zero-order valence-electron chi connectivity index (χ0n) is 39.3. The maximum absolute atomic E-state index is 17.3. The monoisotopic (exact) mass is 1030 g/mol. The first-order valence-electron chi connectivity index (χ1n) is 22.0. The highest BCUT2D eigenvalue weighted by atomic mass is 35.6. The van der Waals surface area contributed by atoms with Crippen molar-refractivity contribution in [2.45, 2.75) is 132 Å². The van der Waals surface area contributed by atoms with Crippen molar-refractivity contribution in [2.24, 2.45) is 22.7 Å². The van der Waals surface area contributed by atoms with Crippen LogP contribution in [0.15, 0.2) is 72.0 Å². The van der Waals surface area contributed by atoms with E-state index in [0.717, 1.165) is 13.8 Å². The van der Waals surface area contributed by atoms with E-state index in [1.807, 2.05) is 0 Å². The number of amides is 1. The van der Waals surface area contributed by atoms with E-state index in [2.05, 4.69) is 5.32 Å². The number of ketones is 1. The summed E-state index contributed by atoms with van der Waals surface area (Å²) in [5, 5.41) is 16.4. The molecule has 0 spiro atoms. The van der Waals surface area contributed by atoms with Gasteiger partial charge in [0.1, 0.15) is 48.0 Å². The number of halogens is 4. The highest BCUT2D eigenvalue weighted by molar-refractivity contribution is 6.67. The van der Waals surface area contributed by atoms with Gasteiger partial charge in [0.05, 0.1) is 23.5 Å². The fourth-order valence-corrected chi connectivity index (χ4v) is 10.4. The van der Waals surface area contributed by atoms with Crippen molar-refractivity contribution in [3.63, 3.8) is 0 Å². The molecule has 4 aliphatic rings. The van der Waals surface area contributed by atoms with E-state index in [0.29, 0.717) is 0 Å². The van der Waals surface area contributed by atoms with Crippen LogP contribution in [0.25, 0.3) is 0 Å². The van der Waals surface area contributed by atoms with Crippen molar-refractivity contribution in [3.8, 4) is 0 Å². The molecular weight excluding hydrogens is 972 g/mol. The Morgan fingerprint density at radius 3 is 2.07 bits per heavy atom. The van der Waals surface area contributed by atoms with Gasteiger partial charge in [-0.15, -0.1) is 0 Å². The first kappa shape index (κ1) is 53.3. The van der Waals surface area contributed by atoms with Crippen LogP contribution >= 0.6 is 34.8 Å². The minimum absolute atomic E-state index is 0.0147. The van der Waals surface area contributed by atoms with Crippen molar-refractivity contribution in [3.05, 3.63) is 83.1 Å². The van der Waals surface area contributed by atoms with Gasteiger partial charge >= 0.3 is 36.1 Å². The molecule has 3 aliphatic carbocycles. The number of alkyl halides is 4. The molecule has 21 heteroatoms. The highest BCUT2D eigenvalue weighted by Gasteiger charge is 2.79. The van der Waals surface area contributed by atoms with Crippen molar-refractivity contribution < 1.29 is 81.0 Å². The fraction of sp³-hybridized carbons (Fsp3) is 0.562. The van der Waals surface area contributed by atoms with Gasteiger partial charge in [0, 0.05) is 38.0 Å². The Balaban J connectivity index is 1.57. The summed E-state index contributed by atoms with van der Waals surface area (Å²) < 4.78 is 61.4. The van der Waals surface area contributed by atoms with Crippen molar-refractivity contribution in [1.29, 1.82) is 0 Å². The summed E-state index contributed by atoms with van der Waals surface area (Å²) >= 11 is 17.5. The molecule has 69 heavy (non-hydrogen) atoms. The summed E-state index contributed by atoms with van der Waals surface area (Å²) in [7, 11) is 0. The summed E-state index contributed by atoms with van der Waals surface area (Å²) in [6, 6.07) is 13.7. The van der Waals surface area contributed by atoms with Gasteiger partial charge in [-0.2, -0.15) is 0 Å². The summed E-state index contributed by atoms with van der Waals surface area (Å²) in [4.78, 5) is 97.9. The van der Waals surface area contributed by atoms with E-state index in [4.69, 9.17) is 72.7 Å². The molecule has 2 bridgehead atoms. The van der Waals surface area contributed by atoms with Gasteiger partial charge in [-0.25, -0.2) is 23.6 Å². The maximum atomic E-state index is 17.3. The minimum atomic E-state index is -2.57. The Hall–Kier alpha value is -5.01. The summed E-state index contributed by atoms with van der Waals surface area (Å²) in [5.41, 5.74) is -9.45. The average molecular weight is 1030 g/mol. The molecule has 1 unspecified atom stereocenters. The molecule has 1 aliphatic heterocycles. The van der Waals surface area contributed by atoms with Crippen LogP contribution in [-0.2, 0) is 57.1 Å². The molecule has 1 amide bonds. The van der Waals surface area contributed by atoms with Gasteiger partial charge in [0.2, 0.25) is 9.90 Å². The predicted molar refractivity (Wildman–Crippen MR) is 242 cm³/mol. The molecule has 6 rings (SSSR count). The van der Waals surface area contributed by atoms with E-state index < -0.39 is 154 Å². The molecule has 0 radical (unpaired) electrons. The van der Waals surface area contributed by atoms with Crippen molar-refractivity contribution in [2.75, 3.05) is 13.2 Å². The lowest BCUT2D eigenvalue weighted by Gasteiger charge is -2.67. The third-order valence-electron chi connectivity index (χ3n) is 13.4. The molecule has 2 N–H and O–H groups in total. The lowest BCUT2D eigenvalue weighted by Crippen LogP contribution is -2.82. The first-order chi connectivity index (χ1) is 32.0. The van der Waals surface area contributed by atoms with E-state index in [1.165, 1.54) is 52.0 Å². The number of hydrogen-bond acceptors (Lipinski definition) is 16. The lowest BCUT2D eigenvalue weighted by atomic mass is 9.44. The van der Waals surface area contributed by atoms with Crippen LogP contribution in [0.4, 0.5) is 14.0 Å². The quantitative estimate of drug-likeness (QED) is 0.126. The van der Waals surface area contributed by atoms with E-state index in [1.54, 1.807) is 57.2 Å². The lowest BCUT2D eigenvalue weighted by molar-refractivity contribution is -0.344.